The zero-order chi connectivity index (χ0) is 13.9. The summed E-state index contributed by atoms with van der Waals surface area (Å²) in [6.07, 6.45) is 2.05. The lowest BCUT2D eigenvalue weighted by atomic mass is 9.63. The van der Waals surface area contributed by atoms with E-state index in [1.54, 1.807) is 6.92 Å². The Labute approximate surface area is 97.9 Å². The van der Waals surface area contributed by atoms with Gasteiger partial charge in [0.25, 0.3) is 0 Å². The van der Waals surface area contributed by atoms with Crippen LogP contribution in [0.25, 0.3) is 0 Å². The van der Waals surface area contributed by atoms with Gasteiger partial charge in [-0.05, 0) is 41.7 Å². The van der Waals surface area contributed by atoms with Crippen molar-refractivity contribution in [2.45, 2.75) is 58.3 Å². The fraction of sp³-hybridized carbons (Fsp3) is 0.600. The highest BCUT2D eigenvalue weighted by molar-refractivity contribution is 5.43. The molecule has 0 amide bonds. The molecule has 0 nitrogen and oxygen atoms in total. The molecule has 0 N–H and O–H groups in total. The van der Waals surface area contributed by atoms with Gasteiger partial charge in [-0.25, -0.2) is 0 Å². The van der Waals surface area contributed by atoms with Crippen LogP contribution in [0.2, 0.25) is 0 Å². The van der Waals surface area contributed by atoms with Crippen molar-refractivity contribution in [1.82, 2.24) is 0 Å². The van der Waals surface area contributed by atoms with E-state index < -0.39 is 0 Å². The van der Waals surface area contributed by atoms with Gasteiger partial charge in [0.15, 0.2) is 0 Å². The van der Waals surface area contributed by atoms with Crippen molar-refractivity contribution < 1.29 is 4.11 Å². The van der Waals surface area contributed by atoms with Gasteiger partial charge in [0, 0.05) is 0 Å². The maximum atomic E-state index is 8.34. The van der Waals surface area contributed by atoms with Crippen molar-refractivity contribution in [2.24, 2.45) is 0 Å². The number of fused-ring (bicyclic) bond motifs is 1. The molecule has 0 aromatic heterocycles. The van der Waals surface area contributed by atoms with Crippen LogP contribution in [-0.2, 0) is 10.8 Å². The van der Waals surface area contributed by atoms with Gasteiger partial charge in [0.05, 0.1) is 4.11 Å². The Morgan fingerprint density at radius 2 is 1.53 bits per heavy atom. The Morgan fingerprint density at radius 1 is 1.00 bits per heavy atom. The van der Waals surface area contributed by atoms with E-state index in [0.29, 0.717) is 17.6 Å². The smallest absolute Gasteiger partial charge is 0.0590 e. The van der Waals surface area contributed by atoms with Crippen LogP contribution >= 0.6 is 0 Å². The molecule has 1 aliphatic carbocycles. The van der Waals surface area contributed by atoms with Crippen LogP contribution in [0.15, 0.2) is 18.1 Å². The van der Waals surface area contributed by atoms with E-state index in [9.17, 15) is 0 Å². The first-order valence-electron chi connectivity index (χ1n) is 7.21. The molecule has 0 heterocycles. The molecule has 15 heavy (non-hydrogen) atoms. The second-order valence-electron chi connectivity index (χ2n) is 6.02. The minimum atomic E-state index is -0.0960. The SMILES string of the molecule is [2H]c1c([2H])c2c(c([2H])c1C)C(C)(C)CCC2(C)C. The predicted octanol–water partition coefficient (Wildman–Crippen LogP) is 4.34. The quantitative estimate of drug-likeness (QED) is 0.591. The third kappa shape index (κ3) is 1.71. The van der Waals surface area contributed by atoms with E-state index >= 15 is 0 Å². The van der Waals surface area contributed by atoms with Gasteiger partial charge >= 0.3 is 0 Å². The summed E-state index contributed by atoms with van der Waals surface area (Å²) < 4.78 is 24.6. The molecular formula is C15H22. The zero-order valence-electron chi connectivity index (χ0n) is 13.4. The number of hydrogen-bond acceptors (Lipinski definition) is 0. The van der Waals surface area contributed by atoms with Crippen molar-refractivity contribution in [2.75, 3.05) is 0 Å². The molecule has 0 heteroatoms. The van der Waals surface area contributed by atoms with E-state index in [2.05, 4.69) is 27.7 Å². The van der Waals surface area contributed by atoms with Crippen LogP contribution < -0.4 is 0 Å². The maximum absolute atomic E-state index is 8.34. The average Bonchev–Trinajstić information content (AvgIpc) is 2.26. The fourth-order valence-electron chi connectivity index (χ4n) is 2.39. The molecule has 0 unspecified atom stereocenters. The summed E-state index contributed by atoms with van der Waals surface area (Å²) in [5.41, 5.74) is 2.42. The number of rotatable bonds is 0. The van der Waals surface area contributed by atoms with Gasteiger partial charge < -0.3 is 0 Å². The van der Waals surface area contributed by atoms with E-state index in [-0.39, 0.29) is 16.9 Å². The monoisotopic (exact) mass is 205 g/mol. The Bertz CT molecular complexity index is 466. The highest BCUT2D eigenvalue weighted by atomic mass is 14.4. The van der Waals surface area contributed by atoms with Gasteiger partial charge in [0.2, 0.25) is 0 Å². The Kier molecular flexibility index (Phi) is 1.55. The molecule has 0 atom stereocenters. The number of hydrogen-bond donors (Lipinski definition) is 0. The lowest BCUT2D eigenvalue weighted by Gasteiger charge is -2.42. The zero-order valence-corrected chi connectivity index (χ0v) is 10.4. The molecule has 0 bridgehead atoms. The van der Waals surface area contributed by atoms with Crippen LogP contribution in [0.1, 0.15) is 61.3 Å². The summed E-state index contributed by atoms with van der Waals surface area (Å²) in [5.74, 6) is 0. The normalized spacial score (nSPS) is 25.0. The van der Waals surface area contributed by atoms with Gasteiger partial charge in [-0.1, -0.05) is 51.4 Å². The molecule has 1 aromatic rings. The number of benzene rings is 1. The Hall–Kier alpha value is -0.780. The second-order valence-corrected chi connectivity index (χ2v) is 6.02. The first-order valence-corrected chi connectivity index (χ1v) is 5.71. The fourth-order valence-corrected chi connectivity index (χ4v) is 2.39. The molecule has 0 saturated heterocycles. The lowest BCUT2D eigenvalue weighted by molar-refractivity contribution is 0.331. The first kappa shape index (κ1) is 7.49. The summed E-state index contributed by atoms with van der Waals surface area (Å²) in [6, 6.07) is 1.03. The van der Waals surface area contributed by atoms with Crippen LogP contribution in [0, 0.1) is 6.92 Å². The van der Waals surface area contributed by atoms with Crippen LogP contribution in [0.4, 0.5) is 0 Å². The molecule has 2 rings (SSSR count). The Morgan fingerprint density at radius 3 is 2.13 bits per heavy atom. The molecule has 0 aliphatic heterocycles. The molecule has 0 radical (unpaired) electrons. The summed E-state index contributed by atoms with van der Waals surface area (Å²) in [5, 5.41) is 0. The third-order valence-corrected chi connectivity index (χ3v) is 3.67. The van der Waals surface area contributed by atoms with Crippen LogP contribution in [0.5, 0.6) is 0 Å². The topological polar surface area (TPSA) is 0 Å². The molecular weight excluding hydrogens is 180 g/mol. The van der Waals surface area contributed by atoms with Crippen molar-refractivity contribution in [1.29, 1.82) is 0 Å². The van der Waals surface area contributed by atoms with Crippen LogP contribution in [0.3, 0.4) is 0 Å². The van der Waals surface area contributed by atoms with Crippen molar-refractivity contribution in [3.8, 4) is 0 Å². The molecule has 0 spiro atoms. The maximum Gasteiger partial charge on any atom is 0.0629 e. The summed E-state index contributed by atoms with van der Waals surface area (Å²) in [6.45, 7) is 10.4. The highest BCUT2D eigenvalue weighted by Crippen LogP contribution is 2.45. The average molecular weight is 205 g/mol. The van der Waals surface area contributed by atoms with E-state index in [4.69, 9.17) is 4.11 Å². The molecule has 0 saturated carbocycles. The van der Waals surface area contributed by atoms with Crippen molar-refractivity contribution in [3.63, 3.8) is 0 Å². The summed E-state index contributed by atoms with van der Waals surface area (Å²) in [7, 11) is 0. The first-order chi connectivity index (χ1) is 8.09. The minimum absolute atomic E-state index is 0.0593. The van der Waals surface area contributed by atoms with Gasteiger partial charge in [-0.15, -0.1) is 0 Å². The van der Waals surface area contributed by atoms with Crippen LogP contribution in [-0.4, -0.2) is 0 Å². The van der Waals surface area contributed by atoms with Gasteiger partial charge in [-0.3, -0.25) is 0 Å². The standard InChI is InChI=1S/C15H22/c1-11-6-7-12-13(10-11)15(4,5)9-8-14(12,2)3/h6-7,10H,8-9H2,1-5H3/i6D,7D,10D. The van der Waals surface area contributed by atoms with Crippen molar-refractivity contribution in [3.05, 3.63) is 34.8 Å². The molecule has 1 aromatic carbocycles. The van der Waals surface area contributed by atoms with Gasteiger partial charge in [-0.2, -0.15) is 0 Å². The van der Waals surface area contributed by atoms with E-state index in [1.165, 1.54) is 0 Å². The predicted molar refractivity (Wildman–Crippen MR) is 66.5 cm³/mol. The van der Waals surface area contributed by atoms with E-state index in [1.807, 2.05) is 0 Å². The summed E-state index contributed by atoms with van der Waals surface area (Å²) in [4.78, 5) is 0. The highest BCUT2D eigenvalue weighted by Gasteiger charge is 2.36. The van der Waals surface area contributed by atoms with Crippen molar-refractivity contribution >= 4 is 0 Å². The lowest BCUT2D eigenvalue weighted by Crippen LogP contribution is -2.33. The Balaban J connectivity index is 2.92. The molecule has 82 valence electrons. The third-order valence-electron chi connectivity index (χ3n) is 3.67. The summed E-state index contributed by atoms with van der Waals surface area (Å²) >= 11 is 0. The molecule has 0 fully saturated rings. The minimum Gasteiger partial charge on any atom is -0.0590 e. The van der Waals surface area contributed by atoms with E-state index in [0.717, 1.165) is 24.0 Å². The molecule has 1 aliphatic rings. The second kappa shape index (κ2) is 3.10. The van der Waals surface area contributed by atoms with Gasteiger partial charge in [0.1, 0.15) is 0 Å². The largest absolute Gasteiger partial charge is 0.0629 e.